The summed E-state index contributed by atoms with van der Waals surface area (Å²) in [5.41, 5.74) is 8.71. The van der Waals surface area contributed by atoms with Gasteiger partial charge >= 0.3 is 0 Å². The van der Waals surface area contributed by atoms with Crippen LogP contribution in [-0.2, 0) is 0 Å². The first-order valence-corrected chi connectivity index (χ1v) is 6.05. The number of nitrogens with zero attached hydrogens (tertiary/aromatic N) is 1. The van der Waals surface area contributed by atoms with Gasteiger partial charge in [-0.25, -0.2) is 0 Å². The third-order valence-electron chi connectivity index (χ3n) is 3.52. The van der Waals surface area contributed by atoms with Gasteiger partial charge < -0.3 is 20.8 Å². The number of rotatable bonds is 3. The number of hydrogen-bond acceptors (Lipinski definition) is 4. The Bertz CT molecular complexity index is 395. The smallest absolute Gasteiger partial charge is 0.0973 e. The fourth-order valence-corrected chi connectivity index (χ4v) is 2.47. The van der Waals surface area contributed by atoms with E-state index in [4.69, 9.17) is 10.8 Å². The van der Waals surface area contributed by atoms with Crippen LogP contribution in [0.4, 0.5) is 11.4 Å². The molecule has 4 nitrogen and oxygen atoms in total. The van der Waals surface area contributed by atoms with Gasteiger partial charge in [-0.15, -0.1) is 0 Å². The highest BCUT2D eigenvalue weighted by Crippen LogP contribution is 2.29. The summed E-state index contributed by atoms with van der Waals surface area (Å²) in [4.78, 5) is 2.16. The molecule has 0 bridgehead atoms. The van der Waals surface area contributed by atoms with Crippen LogP contribution in [0.5, 0.6) is 0 Å². The maximum absolute atomic E-state index is 9.80. The van der Waals surface area contributed by atoms with Gasteiger partial charge in [0.1, 0.15) is 0 Å². The quantitative estimate of drug-likeness (QED) is 0.682. The molecule has 17 heavy (non-hydrogen) atoms. The summed E-state index contributed by atoms with van der Waals surface area (Å²) in [7, 11) is 0. The predicted molar refractivity (Wildman–Crippen MR) is 69.1 cm³/mol. The highest BCUT2D eigenvalue weighted by molar-refractivity contribution is 5.59. The molecule has 0 saturated carbocycles. The summed E-state index contributed by atoms with van der Waals surface area (Å²) in [6.45, 7) is 2.71. The third-order valence-corrected chi connectivity index (χ3v) is 3.52. The Balaban J connectivity index is 2.23. The molecule has 1 aliphatic heterocycles. The van der Waals surface area contributed by atoms with E-state index >= 15 is 0 Å². The average molecular weight is 236 g/mol. The molecule has 0 aliphatic carbocycles. The van der Waals surface area contributed by atoms with E-state index < -0.39 is 6.10 Å². The summed E-state index contributed by atoms with van der Waals surface area (Å²) >= 11 is 0. The molecule has 94 valence electrons. The van der Waals surface area contributed by atoms with Crippen LogP contribution < -0.4 is 10.6 Å². The van der Waals surface area contributed by atoms with Crippen molar-refractivity contribution in [2.24, 2.45) is 0 Å². The van der Waals surface area contributed by atoms with E-state index in [1.165, 1.54) is 0 Å². The number of nitrogen functional groups attached to an aromatic ring is 1. The zero-order chi connectivity index (χ0) is 12.4. The minimum Gasteiger partial charge on any atom is -0.399 e. The van der Waals surface area contributed by atoms with Crippen molar-refractivity contribution in [2.75, 3.05) is 23.8 Å². The van der Waals surface area contributed by atoms with Gasteiger partial charge in [0.15, 0.2) is 0 Å². The van der Waals surface area contributed by atoms with Crippen molar-refractivity contribution >= 4 is 11.4 Å². The van der Waals surface area contributed by atoms with Crippen molar-refractivity contribution in [1.82, 2.24) is 0 Å². The zero-order valence-corrected chi connectivity index (χ0v) is 10.1. The molecule has 1 aromatic rings. The molecule has 1 aromatic carbocycles. The number of aliphatic hydroxyl groups is 2. The molecular formula is C13H20N2O2. The molecular weight excluding hydrogens is 216 g/mol. The van der Waals surface area contributed by atoms with E-state index in [1.807, 2.05) is 25.1 Å². The van der Waals surface area contributed by atoms with Crippen LogP contribution in [0.1, 0.15) is 18.4 Å². The van der Waals surface area contributed by atoms with Gasteiger partial charge in [-0.1, -0.05) is 0 Å². The number of aryl methyl sites for hydroxylation is 1. The van der Waals surface area contributed by atoms with Gasteiger partial charge in [0.05, 0.1) is 18.8 Å². The molecule has 0 radical (unpaired) electrons. The average Bonchev–Trinajstić information content (AvgIpc) is 2.80. The molecule has 0 spiro atoms. The van der Waals surface area contributed by atoms with E-state index in [9.17, 15) is 5.11 Å². The standard InChI is InChI=1S/C13H20N2O2/c1-9-7-10(4-5-11(9)14)15-6-2-3-12(15)13(17)8-16/h4-5,7,12-13,16-17H,2-3,6,8,14H2,1H3. The Morgan fingerprint density at radius 3 is 2.94 bits per heavy atom. The predicted octanol–water partition coefficient (Wildman–Crippen LogP) is 0.899. The minimum atomic E-state index is -0.671. The normalized spacial score (nSPS) is 21.8. The van der Waals surface area contributed by atoms with E-state index in [2.05, 4.69) is 4.90 Å². The summed E-state index contributed by atoms with van der Waals surface area (Å²) in [5, 5.41) is 18.9. The van der Waals surface area contributed by atoms with Crippen molar-refractivity contribution in [3.05, 3.63) is 23.8 Å². The summed E-state index contributed by atoms with van der Waals surface area (Å²) < 4.78 is 0. The van der Waals surface area contributed by atoms with E-state index in [0.717, 1.165) is 36.3 Å². The molecule has 4 heteroatoms. The molecule has 2 unspecified atom stereocenters. The fourth-order valence-electron chi connectivity index (χ4n) is 2.47. The zero-order valence-electron chi connectivity index (χ0n) is 10.1. The van der Waals surface area contributed by atoms with Crippen LogP contribution in [0, 0.1) is 6.92 Å². The molecule has 1 aliphatic rings. The Labute approximate surface area is 102 Å². The van der Waals surface area contributed by atoms with Crippen LogP contribution in [0.25, 0.3) is 0 Å². The van der Waals surface area contributed by atoms with Crippen LogP contribution in [-0.4, -0.2) is 35.5 Å². The third kappa shape index (κ3) is 2.37. The van der Waals surface area contributed by atoms with Crippen LogP contribution >= 0.6 is 0 Å². The minimum absolute atomic E-state index is 0.0167. The van der Waals surface area contributed by atoms with Crippen molar-refractivity contribution in [3.63, 3.8) is 0 Å². The monoisotopic (exact) mass is 236 g/mol. The van der Waals surface area contributed by atoms with E-state index in [-0.39, 0.29) is 12.6 Å². The maximum Gasteiger partial charge on any atom is 0.0973 e. The first-order chi connectivity index (χ1) is 8.13. The van der Waals surface area contributed by atoms with Gasteiger partial charge in [-0.3, -0.25) is 0 Å². The number of anilines is 2. The summed E-state index contributed by atoms with van der Waals surface area (Å²) in [6.07, 6.45) is 1.30. The largest absolute Gasteiger partial charge is 0.399 e. The lowest BCUT2D eigenvalue weighted by Gasteiger charge is -2.30. The van der Waals surface area contributed by atoms with Crippen molar-refractivity contribution in [3.8, 4) is 0 Å². The number of aliphatic hydroxyl groups excluding tert-OH is 2. The lowest BCUT2D eigenvalue weighted by molar-refractivity contribution is 0.0752. The van der Waals surface area contributed by atoms with Crippen LogP contribution in [0.15, 0.2) is 18.2 Å². The SMILES string of the molecule is Cc1cc(N2CCCC2C(O)CO)ccc1N. The number of benzene rings is 1. The van der Waals surface area contributed by atoms with Crippen molar-refractivity contribution in [1.29, 1.82) is 0 Å². The highest BCUT2D eigenvalue weighted by atomic mass is 16.3. The molecule has 1 heterocycles. The summed E-state index contributed by atoms with van der Waals surface area (Å²) in [6, 6.07) is 5.93. The molecule has 1 saturated heterocycles. The second-order valence-corrected chi connectivity index (χ2v) is 4.69. The molecule has 2 atom stereocenters. The Kier molecular flexibility index (Phi) is 3.54. The Morgan fingerprint density at radius 1 is 1.53 bits per heavy atom. The Hall–Kier alpha value is -1.26. The number of hydrogen-bond donors (Lipinski definition) is 3. The highest BCUT2D eigenvalue weighted by Gasteiger charge is 2.30. The van der Waals surface area contributed by atoms with E-state index in [1.54, 1.807) is 0 Å². The second kappa shape index (κ2) is 4.94. The first-order valence-electron chi connectivity index (χ1n) is 6.05. The van der Waals surface area contributed by atoms with Crippen LogP contribution in [0.3, 0.4) is 0 Å². The number of nitrogens with two attached hydrogens (primary N) is 1. The van der Waals surface area contributed by atoms with Gasteiger partial charge in [-0.05, 0) is 43.5 Å². The van der Waals surface area contributed by atoms with Gasteiger partial charge in [0.25, 0.3) is 0 Å². The summed E-state index contributed by atoms with van der Waals surface area (Å²) in [5.74, 6) is 0. The van der Waals surface area contributed by atoms with Gasteiger partial charge in [0, 0.05) is 17.9 Å². The maximum atomic E-state index is 9.80. The van der Waals surface area contributed by atoms with Crippen molar-refractivity contribution < 1.29 is 10.2 Å². The van der Waals surface area contributed by atoms with Gasteiger partial charge in [-0.2, -0.15) is 0 Å². The van der Waals surface area contributed by atoms with Gasteiger partial charge in [0.2, 0.25) is 0 Å². The second-order valence-electron chi connectivity index (χ2n) is 4.69. The fraction of sp³-hybridized carbons (Fsp3) is 0.538. The molecule has 4 N–H and O–H groups in total. The molecule has 0 amide bonds. The topological polar surface area (TPSA) is 69.7 Å². The van der Waals surface area contributed by atoms with Crippen molar-refractivity contribution in [2.45, 2.75) is 31.9 Å². The van der Waals surface area contributed by atoms with E-state index in [0.29, 0.717) is 0 Å². The Morgan fingerprint density at radius 2 is 2.29 bits per heavy atom. The molecule has 0 aromatic heterocycles. The van der Waals surface area contributed by atoms with Crippen LogP contribution in [0.2, 0.25) is 0 Å². The lowest BCUT2D eigenvalue weighted by Crippen LogP contribution is -2.41. The molecule has 2 rings (SSSR count). The molecule has 1 fully saturated rings. The lowest BCUT2D eigenvalue weighted by atomic mass is 10.1. The first kappa shape index (κ1) is 12.2.